The third-order valence-electron chi connectivity index (χ3n) is 6.59. The van der Waals surface area contributed by atoms with Gasteiger partial charge in [-0.05, 0) is 30.5 Å². The largest absolute Gasteiger partial charge is 0.463 e. The molecule has 14 nitrogen and oxygen atoms in total. The molecule has 1 aromatic carbocycles. The highest BCUT2D eigenvalue weighted by Crippen LogP contribution is 2.31. The maximum Gasteiger partial charge on any atom is 0.302 e. The molecule has 4 amide bonds. The molecule has 0 saturated carbocycles. The molecule has 14 heteroatoms. The van der Waals surface area contributed by atoms with Gasteiger partial charge in [0.15, 0.2) is 0 Å². The van der Waals surface area contributed by atoms with Gasteiger partial charge in [-0.2, -0.15) is 0 Å². The number of amides is 4. The van der Waals surface area contributed by atoms with Crippen molar-refractivity contribution in [2.24, 2.45) is 0 Å². The van der Waals surface area contributed by atoms with E-state index in [-0.39, 0.29) is 61.6 Å². The van der Waals surface area contributed by atoms with Crippen LogP contribution in [-0.2, 0) is 40.1 Å². The number of anilines is 1. The Bertz CT molecular complexity index is 1150. The van der Waals surface area contributed by atoms with Crippen molar-refractivity contribution in [2.75, 3.05) is 25.0 Å². The Labute approximate surface area is 242 Å². The first-order chi connectivity index (χ1) is 20.1. The highest BCUT2D eigenvalue weighted by molar-refractivity contribution is 6.12. The van der Waals surface area contributed by atoms with Crippen molar-refractivity contribution in [2.45, 2.75) is 76.7 Å². The summed E-state index contributed by atoms with van der Waals surface area (Å²) in [5, 5.41) is 34.8. The predicted molar refractivity (Wildman–Crippen MR) is 146 cm³/mol. The fourth-order valence-electron chi connectivity index (χ4n) is 4.34. The van der Waals surface area contributed by atoms with Gasteiger partial charge < -0.3 is 40.2 Å². The van der Waals surface area contributed by atoms with Crippen LogP contribution < -0.4 is 15.4 Å². The quantitative estimate of drug-likeness (QED) is 0.103. The summed E-state index contributed by atoms with van der Waals surface area (Å²) in [5.74, 6) is -1.64. The second kappa shape index (κ2) is 16.0. The molecule has 2 heterocycles. The molecule has 0 spiro atoms. The minimum absolute atomic E-state index is 0.0481. The van der Waals surface area contributed by atoms with Crippen molar-refractivity contribution in [3.63, 3.8) is 0 Å². The third kappa shape index (κ3) is 9.91. The van der Waals surface area contributed by atoms with E-state index in [9.17, 15) is 39.3 Å². The Hall–Kier alpha value is -3.85. The van der Waals surface area contributed by atoms with E-state index >= 15 is 0 Å². The molecule has 1 aromatic rings. The third-order valence-corrected chi connectivity index (χ3v) is 6.59. The van der Waals surface area contributed by atoms with Gasteiger partial charge in [0.2, 0.25) is 18.1 Å². The molecule has 42 heavy (non-hydrogen) atoms. The van der Waals surface area contributed by atoms with Crippen molar-refractivity contribution in [3.05, 3.63) is 35.9 Å². The normalized spacial score (nSPS) is 21.8. The van der Waals surface area contributed by atoms with Crippen molar-refractivity contribution in [1.82, 2.24) is 10.2 Å². The van der Waals surface area contributed by atoms with Crippen LogP contribution in [0.3, 0.4) is 0 Å². The van der Waals surface area contributed by atoms with E-state index in [1.165, 1.54) is 25.1 Å². The molecule has 4 unspecified atom stereocenters. The number of nitrogens with one attached hydrogen (secondary N) is 2. The minimum atomic E-state index is -1.28. The number of esters is 1. The number of hydrogen-bond donors (Lipinski definition) is 5. The topological polar surface area (TPSA) is 201 Å². The van der Waals surface area contributed by atoms with Crippen molar-refractivity contribution < 1.29 is 53.5 Å². The predicted octanol–water partition coefficient (Wildman–Crippen LogP) is -0.112. The number of aliphatic hydroxyl groups excluding tert-OH is 3. The maximum atomic E-state index is 12.7. The van der Waals surface area contributed by atoms with E-state index in [2.05, 4.69) is 10.6 Å². The molecule has 2 aliphatic rings. The van der Waals surface area contributed by atoms with E-state index in [1.54, 1.807) is 12.1 Å². The fraction of sp³-hybridized carbons (Fsp3) is 0.536. The van der Waals surface area contributed by atoms with Crippen LogP contribution >= 0.6 is 0 Å². The minimum Gasteiger partial charge on any atom is -0.463 e. The van der Waals surface area contributed by atoms with Crippen molar-refractivity contribution in [3.8, 4) is 5.75 Å². The second-order valence-electron chi connectivity index (χ2n) is 9.93. The summed E-state index contributed by atoms with van der Waals surface area (Å²) >= 11 is 0. The number of carbonyl (C=O) groups is 5. The Morgan fingerprint density at radius 1 is 1.05 bits per heavy atom. The van der Waals surface area contributed by atoms with Gasteiger partial charge in [-0.3, -0.25) is 28.9 Å². The second-order valence-corrected chi connectivity index (χ2v) is 9.93. The number of hydrogen-bond acceptors (Lipinski definition) is 11. The van der Waals surface area contributed by atoms with Gasteiger partial charge in [0.05, 0.1) is 18.4 Å². The number of unbranched alkanes of at least 4 members (excludes halogenated alkanes) is 2. The number of nitrogens with zero attached hydrogens (tertiary/aromatic N) is 1. The van der Waals surface area contributed by atoms with E-state index in [0.29, 0.717) is 31.4 Å². The van der Waals surface area contributed by atoms with Gasteiger partial charge in [0.25, 0.3) is 11.8 Å². The van der Waals surface area contributed by atoms with Crippen LogP contribution in [0.15, 0.2) is 30.4 Å². The monoisotopic (exact) mass is 591 g/mol. The summed E-state index contributed by atoms with van der Waals surface area (Å²) in [6, 6.07) is 4.69. The molecule has 0 aromatic heterocycles. The molecular weight excluding hydrogens is 554 g/mol. The summed E-state index contributed by atoms with van der Waals surface area (Å²) in [6.07, 6.45) is -0.203. The summed E-state index contributed by atoms with van der Waals surface area (Å²) < 4.78 is 16.4. The molecule has 1 fully saturated rings. The maximum absolute atomic E-state index is 12.7. The number of carbonyl (C=O) groups excluding carboxylic acids is 5. The molecule has 5 N–H and O–H groups in total. The number of benzene rings is 1. The van der Waals surface area contributed by atoms with Gasteiger partial charge in [0, 0.05) is 51.4 Å². The summed E-state index contributed by atoms with van der Waals surface area (Å²) in [7, 11) is 0. The fourth-order valence-corrected chi connectivity index (χ4v) is 4.34. The van der Waals surface area contributed by atoms with Crippen molar-refractivity contribution >= 4 is 35.3 Å². The van der Waals surface area contributed by atoms with E-state index in [0.717, 1.165) is 4.90 Å². The SMILES string of the molecule is CC(=O)OCc1ccc(OC2CC(O)C(O)C(CO)O2)c(NC(=O)CCNC(=O)CCCCCN2C(=O)C=CC2=O)c1. The van der Waals surface area contributed by atoms with Gasteiger partial charge >= 0.3 is 5.97 Å². The van der Waals surface area contributed by atoms with Crippen LogP contribution in [0, 0.1) is 0 Å². The molecule has 1 saturated heterocycles. The Balaban J connectivity index is 1.47. The standard InChI is InChI=1S/C28H37N3O11/c1-17(33)40-16-18-6-7-21(41-27-14-20(34)28(39)22(15-32)42-27)19(13-18)30-24(36)10-11-29-23(35)5-3-2-4-12-31-25(37)8-9-26(31)38/h6-9,13,20,22,27-28,32,34,39H,2-5,10-12,14-16H2,1H3,(H,29,35)(H,30,36). The number of imide groups is 1. The van der Waals surface area contributed by atoms with Gasteiger partial charge in [-0.25, -0.2) is 0 Å². The number of aliphatic hydroxyl groups is 3. The zero-order chi connectivity index (χ0) is 30.6. The van der Waals surface area contributed by atoms with Crippen LogP contribution in [0.2, 0.25) is 0 Å². The molecule has 0 bridgehead atoms. The van der Waals surface area contributed by atoms with E-state index in [1.807, 2.05) is 0 Å². The molecule has 2 aliphatic heterocycles. The lowest BCUT2D eigenvalue weighted by Gasteiger charge is -2.36. The van der Waals surface area contributed by atoms with Crippen LogP contribution in [0.4, 0.5) is 5.69 Å². The number of ether oxygens (including phenoxy) is 3. The molecule has 4 atom stereocenters. The highest BCUT2D eigenvalue weighted by Gasteiger charge is 2.37. The number of rotatable bonds is 15. The zero-order valence-electron chi connectivity index (χ0n) is 23.3. The highest BCUT2D eigenvalue weighted by atomic mass is 16.7. The lowest BCUT2D eigenvalue weighted by molar-refractivity contribution is -0.229. The lowest BCUT2D eigenvalue weighted by atomic mass is 10.0. The van der Waals surface area contributed by atoms with Crippen LogP contribution in [0.1, 0.15) is 51.0 Å². The average Bonchev–Trinajstić information content (AvgIpc) is 3.26. The van der Waals surface area contributed by atoms with Gasteiger partial charge in [0.1, 0.15) is 24.6 Å². The van der Waals surface area contributed by atoms with Crippen LogP contribution in [0.25, 0.3) is 0 Å². The summed E-state index contributed by atoms with van der Waals surface area (Å²) in [6.45, 7) is 1.06. The van der Waals surface area contributed by atoms with E-state index in [4.69, 9.17) is 14.2 Å². The molecule has 230 valence electrons. The van der Waals surface area contributed by atoms with Crippen LogP contribution in [0.5, 0.6) is 5.75 Å². The van der Waals surface area contributed by atoms with Crippen LogP contribution in [-0.4, -0.2) is 94.1 Å². The Morgan fingerprint density at radius 3 is 2.48 bits per heavy atom. The van der Waals surface area contributed by atoms with E-state index < -0.39 is 43.1 Å². The molecule has 3 rings (SSSR count). The zero-order valence-corrected chi connectivity index (χ0v) is 23.3. The molecule has 0 radical (unpaired) electrons. The smallest absolute Gasteiger partial charge is 0.302 e. The summed E-state index contributed by atoms with van der Waals surface area (Å²) in [5.41, 5.74) is 0.787. The van der Waals surface area contributed by atoms with Gasteiger partial charge in [-0.1, -0.05) is 12.5 Å². The Kier molecular flexibility index (Phi) is 12.4. The first kappa shape index (κ1) is 32.7. The summed E-state index contributed by atoms with van der Waals surface area (Å²) in [4.78, 5) is 60.3. The molecule has 0 aliphatic carbocycles. The van der Waals surface area contributed by atoms with Gasteiger partial charge in [-0.15, -0.1) is 0 Å². The molecular formula is C28H37N3O11. The first-order valence-electron chi connectivity index (χ1n) is 13.7. The first-order valence-corrected chi connectivity index (χ1v) is 13.7. The van der Waals surface area contributed by atoms with Crippen molar-refractivity contribution in [1.29, 1.82) is 0 Å². The Morgan fingerprint density at radius 2 is 1.79 bits per heavy atom. The lowest BCUT2D eigenvalue weighted by Crippen LogP contribution is -2.51. The average molecular weight is 592 g/mol.